The molecule has 36 heavy (non-hydrogen) atoms. The summed E-state index contributed by atoms with van der Waals surface area (Å²) >= 11 is 5.42. The number of para-hydroxylation sites is 1. The Kier molecular flexibility index (Phi) is 9.47. The van der Waals surface area contributed by atoms with E-state index in [4.69, 9.17) is 14.5 Å². The van der Waals surface area contributed by atoms with E-state index < -0.39 is 0 Å². The van der Waals surface area contributed by atoms with Crippen molar-refractivity contribution in [1.82, 2.24) is 4.90 Å². The van der Waals surface area contributed by atoms with Crippen LogP contribution in [0, 0.1) is 0 Å². The summed E-state index contributed by atoms with van der Waals surface area (Å²) in [5, 5.41) is 0.956. The molecular formula is C30H29BrN2O2S. The molecule has 4 rings (SSSR count). The zero-order valence-corrected chi connectivity index (χ0v) is 22.8. The Morgan fingerprint density at radius 3 is 1.75 bits per heavy atom. The maximum absolute atomic E-state index is 5.36. The van der Waals surface area contributed by atoms with Crippen LogP contribution in [0.15, 0.2) is 113 Å². The minimum absolute atomic E-state index is 0.709. The van der Waals surface area contributed by atoms with Gasteiger partial charge >= 0.3 is 0 Å². The number of amidine groups is 1. The van der Waals surface area contributed by atoms with Gasteiger partial charge in [0.15, 0.2) is 5.17 Å². The van der Waals surface area contributed by atoms with Gasteiger partial charge in [-0.1, -0.05) is 78.5 Å². The van der Waals surface area contributed by atoms with Crippen LogP contribution in [0.25, 0.3) is 0 Å². The molecule has 0 aromatic heterocycles. The normalized spacial score (nSPS) is 11.2. The Morgan fingerprint density at radius 2 is 1.22 bits per heavy atom. The number of benzene rings is 4. The first-order valence-corrected chi connectivity index (χ1v) is 13.4. The molecule has 0 aliphatic heterocycles. The van der Waals surface area contributed by atoms with Crippen LogP contribution >= 0.6 is 27.7 Å². The van der Waals surface area contributed by atoms with Crippen LogP contribution < -0.4 is 9.47 Å². The molecule has 4 nitrogen and oxygen atoms in total. The monoisotopic (exact) mass is 560 g/mol. The van der Waals surface area contributed by atoms with Gasteiger partial charge in [0.25, 0.3) is 0 Å². The summed E-state index contributed by atoms with van der Waals surface area (Å²) in [4.78, 5) is 7.47. The Hall–Kier alpha value is -3.22. The van der Waals surface area contributed by atoms with E-state index in [-0.39, 0.29) is 0 Å². The molecule has 6 heteroatoms. The van der Waals surface area contributed by atoms with Crippen molar-refractivity contribution in [3.8, 4) is 11.5 Å². The lowest BCUT2D eigenvalue weighted by Crippen LogP contribution is -2.28. The predicted octanol–water partition coefficient (Wildman–Crippen LogP) is 8.09. The molecular weight excluding hydrogens is 532 g/mol. The topological polar surface area (TPSA) is 34.1 Å². The van der Waals surface area contributed by atoms with Crippen LogP contribution in [0.4, 0.5) is 5.69 Å². The number of methoxy groups -OCH3 is 2. The molecule has 0 spiro atoms. The summed E-state index contributed by atoms with van der Waals surface area (Å²) in [6, 6.07) is 35.0. The van der Waals surface area contributed by atoms with Gasteiger partial charge < -0.3 is 14.4 Å². The van der Waals surface area contributed by atoms with Gasteiger partial charge in [-0.15, -0.1) is 0 Å². The Labute approximate surface area is 226 Å². The van der Waals surface area contributed by atoms with Gasteiger partial charge in [0.1, 0.15) is 11.5 Å². The van der Waals surface area contributed by atoms with Crippen LogP contribution in [0.5, 0.6) is 11.5 Å². The maximum Gasteiger partial charge on any atom is 0.165 e. The van der Waals surface area contributed by atoms with Gasteiger partial charge in [0.05, 0.1) is 19.9 Å². The molecule has 0 N–H and O–H groups in total. The lowest BCUT2D eigenvalue weighted by Gasteiger charge is -2.26. The molecule has 0 saturated heterocycles. The van der Waals surface area contributed by atoms with E-state index in [9.17, 15) is 0 Å². The van der Waals surface area contributed by atoms with Crippen LogP contribution in [0.3, 0.4) is 0 Å². The molecule has 4 aromatic rings. The second-order valence-electron chi connectivity index (χ2n) is 8.17. The SMILES string of the molecule is COc1ccc(CN(Cc2ccc(OC)cc2)C(=Nc2ccccc2Br)SCc2ccccc2)cc1. The molecule has 184 valence electrons. The first-order valence-electron chi connectivity index (χ1n) is 11.7. The number of halogens is 1. The molecule has 0 heterocycles. The molecule has 0 radical (unpaired) electrons. The first kappa shape index (κ1) is 25.9. The Balaban J connectivity index is 1.69. The standard InChI is InChI=1S/C30H29BrN2O2S/c1-34-26-16-12-23(13-17-26)20-33(21-24-14-18-27(35-2)19-15-24)30(32-29-11-7-6-10-28(29)31)36-22-25-8-4-3-5-9-25/h3-19H,20-22H2,1-2H3. The number of nitrogens with zero attached hydrogens (tertiary/aromatic N) is 2. The van der Waals surface area contributed by atoms with E-state index in [2.05, 4.69) is 69.4 Å². The van der Waals surface area contributed by atoms with E-state index in [1.165, 1.54) is 16.7 Å². The van der Waals surface area contributed by atoms with E-state index >= 15 is 0 Å². The van der Waals surface area contributed by atoms with Crippen molar-refractivity contribution < 1.29 is 9.47 Å². The third-order valence-electron chi connectivity index (χ3n) is 5.61. The number of hydrogen-bond acceptors (Lipinski definition) is 4. The second-order valence-corrected chi connectivity index (χ2v) is 9.97. The van der Waals surface area contributed by atoms with E-state index in [1.54, 1.807) is 26.0 Å². The van der Waals surface area contributed by atoms with Crippen molar-refractivity contribution in [3.05, 3.63) is 124 Å². The van der Waals surface area contributed by atoms with Crippen LogP contribution in [0.1, 0.15) is 16.7 Å². The summed E-state index contributed by atoms with van der Waals surface area (Å²) in [7, 11) is 3.38. The van der Waals surface area contributed by atoms with Crippen LogP contribution in [-0.4, -0.2) is 24.3 Å². The fraction of sp³-hybridized carbons (Fsp3) is 0.167. The van der Waals surface area contributed by atoms with E-state index in [0.29, 0.717) is 13.1 Å². The Bertz CT molecular complexity index is 1210. The van der Waals surface area contributed by atoms with Crippen molar-refractivity contribution in [1.29, 1.82) is 0 Å². The third kappa shape index (κ3) is 7.39. The summed E-state index contributed by atoms with van der Waals surface area (Å²) < 4.78 is 11.7. The van der Waals surface area contributed by atoms with Crippen LogP contribution in [0.2, 0.25) is 0 Å². The first-order chi connectivity index (χ1) is 17.6. The van der Waals surface area contributed by atoms with Crippen molar-refractivity contribution in [2.45, 2.75) is 18.8 Å². The van der Waals surface area contributed by atoms with E-state index in [0.717, 1.165) is 32.6 Å². The summed E-state index contributed by atoms with van der Waals surface area (Å²) in [6.45, 7) is 1.42. The van der Waals surface area contributed by atoms with Gasteiger partial charge in [-0.2, -0.15) is 0 Å². The molecule has 4 aromatic carbocycles. The summed E-state index contributed by atoms with van der Waals surface area (Å²) in [5.41, 5.74) is 4.53. The largest absolute Gasteiger partial charge is 0.497 e. The lowest BCUT2D eigenvalue weighted by atomic mass is 10.1. The highest BCUT2D eigenvalue weighted by molar-refractivity contribution is 9.10. The number of aliphatic imine (C=N–C) groups is 1. The van der Waals surface area contributed by atoms with Crippen molar-refractivity contribution >= 4 is 38.5 Å². The maximum atomic E-state index is 5.36. The van der Waals surface area contributed by atoms with Gasteiger partial charge in [-0.05, 0) is 69.0 Å². The van der Waals surface area contributed by atoms with E-state index in [1.807, 2.05) is 54.6 Å². The lowest BCUT2D eigenvalue weighted by molar-refractivity contribution is 0.405. The Morgan fingerprint density at radius 1 is 0.694 bits per heavy atom. The fourth-order valence-corrected chi connectivity index (χ4v) is 4.99. The molecule has 0 fully saturated rings. The number of ether oxygens (including phenoxy) is 2. The quantitative estimate of drug-likeness (QED) is 0.153. The molecule has 0 bridgehead atoms. The van der Waals surface area contributed by atoms with Crippen molar-refractivity contribution in [2.75, 3.05) is 14.2 Å². The van der Waals surface area contributed by atoms with Gasteiger partial charge in [0.2, 0.25) is 0 Å². The molecule has 0 aliphatic carbocycles. The smallest absolute Gasteiger partial charge is 0.165 e. The minimum atomic E-state index is 0.709. The number of thioether (sulfide) groups is 1. The van der Waals surface area contributed by atoms with Crippen molar-refractivity contribution in [2.24, 2.45) is 4.99 Å². The second kappa shape index (κ2) is 13.2. The molecule has 0 amide bonds. The zero-order valence-electron chi connectivity index (χ0n) is 20.4. The molecule has 0 aliphatic rings. The third-order valence-corrected chi connectivity index (χ3v) is 7.37. The number of hydrogen-bond donors (Lipinski definition) is 0. The predicted molar refractivity (Wildman–Crippen MR) is 154 cm³/mol. The minimum Gasteiger partial charge on any atom is -0.497 e. The average molecular weight is 562 g/mol. The highest BCUT2D eigenvalue weighted by Gasteiger charge is 2.16. The summed E-state index contributed by atoms with van der Waals surface area (Å²) in [5.74, 6) is 2.52. The van der Waals surface area contributed by atoms with Crippen LogP contribution in [-0.2, 0) is 18.8 Å². The fourth-order valence-electron chi connectivity index (χ4n) is 3.66. The van der Waals surface area contributed by atoms with Crippen molar-refractivity contribution in [3.63, 3.8) is 0 Å². The molecule has 0 atom stereocenters. The average Bonchev–Trinajstić information content (AvgIpc) is 2.93. The molecule has 0 unspecified atom stereocenters. The highest BCUT2D eigenvalue weighted by Crippen LogP contribution is 2.29. The summed E-state index contributed by atoms with van der Waals surface area (Å²) in [6.07, 6.45) is 0. The van der Waals surface area contributed by atoms with Gasteiger partial charge in [-0.3, -0.25) is 0 Å². The highest BCUT2D eigenvalue weighted by atomic mass is 79.9. The van der Waals surface area contributed by atoms with Gasteiger partial charge in [0, 0.05) is 23.3 Å². The number of rotatable bonds is 9. The molecule has 0 saturated carbocycles. The zero-order chi connectivity index (χ0) is 25.2. The van der Waals surface area contributed by atoms with Gasteiger partial charge in [-0.25, -0.2) is 4.99 Å².